The lowest BCUT2D eigenvalue weighted by atomic mass is 10.1. The lowest BCUT2D eigenvalue weighted by Gasteiger charge is -2.09. The van der Waals surface area contributed by atoms with Crippen molar-refractivity contribution in [3.8, 4) is 22.8 Å². The number of rotatable bonds is 7. The Morgan fingerprint density at radius 1 is 1.06 bits per heavy atom. The number of hydrogen-bond acceptors (Lipinski definition) is 7. The molecule has 0 saturated carbocycles. The summed E-state index contributed by atoms with van der Waals surface area (Å²) in [5.41, 5.74) is 3.74. The average molecular weight is 470 g/mol. The number of benzene rings is 2. The summed E-state index contributed by atoms with van der Waals surface area (Å²) >= 11 is 7.37. The summed E-state index contributed by atoms with van der Waals surface area (Å²) in [5.74, 6) is 1.22. The fourth-order valence-corrected chi connectivity index (χ4v) is 3.87. The van der Waals surface area contributed by atoms with E-state index in [-0.39, 0.29) is 11.7 Å². The molecule has 0 aliphatic rings. The van der Waals surface area contributed by atoms with E-state index in [0.717, 1.165) is 11.1 Å². The van der Waals surface area contributed by atoms with Crippen LogP contribution in [0.4, 0.5) is 5.69 Å². The van der Waals surface area contributed by atoms with Gasteiger partial charge in [-0.25, -0.2) is 0 Å². The molecule has 1 N–H and O–H groups in total. The predicted octanol–water partition coefficient (Wildman–Crippen LogP) is 4.50. The van der Waals surface area contributed by atoms with Crippen LogP contribution in [0.25, 0.3) is 16.9 Å². The number of fused-ring (bicyclic) bond motifs is 1. The van der Waals surface area contributed by atoms with E-state index in [2.05, 4.69) is 20.6 Å². The highest BCUT2D eigenvalue weighted by atomic mass is 35.5. The fourth-order valence-electron chi connectivity index (χ4n) is 3.01. The van der Waals surface area contributed by atoms with E-state index >= 15 is 0 Å². The molecule has 4 aromatic rings. The Morgan fingerprint density at radius 2 is 1.88 bits per heavy atom. The Bertz CT molecular complexity index is 1290. The Labute approximate surface area is 193 Å². The Morgan fingerprint density at radius 3 is 2.62 bits per heavy atom. The molecule has 0 atom stereocenters. The number of hydrogen-bond donors (Lipinski definition) is 1. The van der Waals surface area contributed by atoms with Crippen LogP contribution in [0, 0.1) is 6.92 Å². The molecule has 32 heavy (non-hydrogen) atoms. The van der Waals surface area contributed by atoms with Crippen molar-refractivity contribution in [1.29, 1.82) is 0 Å². The van der Waals surface area contributed by atoms with Crippen LogP contribution in [0.15, 0.2) is 53.7 Å². The van der Waals surface area contributed by atoms with Crippen LogP contribution in [0.1, 0.15) is 5.56 Å². The molecule has 0 saturated heterocycles. The third kappa shape index (κ3) is 4.63. The van der Waals surface area contributed by atoms with Crippen LogP contribution in [0.3, 0.4) is 0 Å². The molecule has 2 heterocycles. The maximum atomic E-state index is 12.4. The van der Waals surface area contributed by atoms with Crippen molar-refractivity contribution in [2.24, 2.45) is 0 Å². The number of carbonyl (C=O) groups excluding carboxylic acids is 1. The molecule has 0 aliphatic carbocycles. The largest absolute Gasteiger partial charge is 0.493 e. The number of amides is 1. The number of thioether (sulfide) groups is 1. The van der Waals surface area contributed by atoms with E-state index in [1.807, 2.05) is 49.4 Å². The van der Waals surface area contributed by atoms with E-state index in [9.17, 15) is 4.79 Å². The van der Waals surface area contributed by atoms with Gasteiger partial charge in [-0.15, -0.1) is 10.2 Å². The lowest BCUT2D eigenvalue weighted by molar-refractivity contribution is -0.113. The highest BCUT2D eigenvalue weighted by Crippen LogP contribution is 2.32. The number of aryl methyl sites for hydroxylation is 1. The van der Waals surface area contributed by atoms with Crippen LogP contribution in [-0.2, 0) is 4.79 Å². The maximum absolute atomic E-state index is 12.4. The van der Waals surface area contributed by atoms with E-state index < -0.39 is 0 Å². The normalized spacial score (nSPS) is 10.9. The smallest absolute Gasteiger partial charge is 0.234 e. The van der Waals surface area contributed by atoms with E-state index in [1.54, 1.807) is 24.8 Å². The summed E-state index contributed by atoms with van der Waals surface area (Å²) in [4.78, 5) is 12.4. The van der Waals surface area contributed by atoms with Crippen LogP contribution in [-0.4, -0.2) is 45.7 Å². The van der Waals surface area contributed by atoms with Crippen LogP contribution >= 0.6 is 23.4 Å². The lowest BCUT2D eigenvalue weighted by Crippen LogP contribution is -2.14. The molecule has 4 rings (SSSR count). The van der Waals surface area contributed by atoms with Crippen molar-refractivity contribution in [1.82, 2.24) is 19.8 Å². The number of methoxy groups -OCH3 is 2. The minimum atomic E-state index is -0.178. The van der Waals surface area contributed by atoms with Gasteiger partial charge in [-0.2, -0.15) is 9.61 Å². The van der Waals surface area contributed by atoms with E-state index in [4.69, 9.17) is 21.1 Å². The minimum Gasteiger partial charge on any atom is -0.493 e. The second-order valence-electron chi connectivity index (χ2n) is 6.84. The minimum absolute atomic E-state index is 0.147. The zero-order chi connectivity index (χ0) is 22.7. The molecule has 0 spiro atoms. The van der Waals surface area contributed by atoms with Gasteiger partial charge in [0.1, 0.15) is 0 Å². The summed E-state index contributed by atoms with van der Waals surface area (Å²) in [6.07, 6.45) is 0. The third-order valence-electron chi connectivity index (χ3n) is 4.70. The van der Waals surface area contributed by atoms with Crippen LogP contribution in [0.5, 0.6) is 11.5 Å². The van der Waals surface area contributed by atoms with Gasteiger partial charge in [0.25, 0.3) is 0 Å². The van der Waals surface area contributed by atoms with Crippen LogP contribution < -0.4 is 14.8 Å². The molecule has 0 fully saturated rings. The molecule has 0 aliphatic heterocycles. The maximum Gasteiger partial charge on any atom is 0.234 e. The monoisotopic (exact) mass is 469 g/mol. The molecule has 2 aromatic carbocycles. The highest BCUT2D eigenvalue weighted by Gasteiger charge is 2.13. The third-order valence-corrected chi connectivity index (χ3v) is 6.03. The van der Waals surface area contributed by atoms with Gasteiger partial charge in [0.2, 0.25) is 11.1 Å². The Balaban J connectivity index is 1.51. The van der Waals surface area contributed by atoms with Crippen molar-refractivity contribution in [3.05, 3.63) is 59.1 Å². The first-order valence-corrected chi connectivity index (χ1v) is 11.0. The van der Waals surface area contributed by atoms with Crippen molar-refractivity contribution in [3.63, 3.8) is 0 Å². The van der Waals surface area contributed by atoms with Gasteiger partial charge in [0, 0.05) is 16.3 Å². The number of anilines is 1. The van der Waals surface area contributed by atoms with Gasteiger partial charge < -0.3 is 14.8 Å². The zero-order valence-electron chi connectivity index (χ0n) is 17.6. The molecule has 0 unspecified atom stereocenters. The fraction of sp³-hybridized carbons (Fsp3) is 0.182. The number of ether oxygens (including phenoxy) is 2. The quantitative estimate of drug-likeness (QED) is 0.398. The average Bonchev–Trinajstić information content (AvgIpc) is 3.22. The molecule has 10 heteroatoms. The first-order valence-electron chi connectivity index (χ1n) is 9.62. The van der Waals surface area contributed by atoms with Gasteiger partial charge in [-0.05, 0) is 55.0 Å². The van der Waals surface area contributed by atoms with Crippen LogP contribution in [0.2, 0.25) is 5.02 Å². The first kappa shape index (κ1) is 21.9. The standard InChI is InChI=1S/C22H20ClN5O3S/c1-13-4-6-15(11-16(13)23)24-21(29)12-32-22-26-25-20-9-7-17(27-28(20)22)14-5-8-18(30-2)19(10-14)31-3/h4-11H,12H2,1-3H3,(H,24,29). The molecule has 164 valence electrons. The summed E-state index contributed by atoms with van der Waals surface area (Å²) in [6.45, 7) is 1.91. The molecule has 1 amide bonds. The predicted molar refractivity (Wildman–Crippen MR) is 125 cm³/mol. The molecule has 0 radical (unpaired) electrons. The second kappa shape index (κ2) is 9.46. The van der Waals surface area contributed by atoms with Gasteiger partial charge >= 0.3 is 0 Å². The summed E-state index contributed by atoms with van der Waals surface area (Å²) in [7, 11) is 3.18. The second-order valence-corrected chi connectivity index (χ2v) is 8.19. The van der Waals surface area contributed by atoms with Crippen molar-refractivity contribution in [2.75, 3.05) is 25.3 Å². The highest BCUT2D eigenvalue weighted by molar-refractivity contribution is 7.99. The number of carbonyl (C=O) groups is 1. The SMILES string of the molecule is COc1ccc(-c2ccc3nnc(SCC(=O)Nc4ccc(C)c(Cl)c4)n3n2)cc1OC. The molecular weight excluding hydrogens is 450 g/mol. The molecule has 0 bridgehead atoms. The van der Waals surface area contributed by atoms with Gasteiger partial charge in [0.05, 0.1) is 25.7 Å². The Hall–Kier alpha value is -3.30. The van der Waals surface area contributed by atoms with Crippen molar-refractivity contribution < 1.29 is 14.3 Å². The summed E-state index contributed by atoms with van der Waals surface area (Å²) in [5, 5.41) is 16.9. The molecule has 2 aromatic heterocycles. The van der Waals surface area contributed by atoms with E-state index in [0.29, 0.717) is 38.7 Å². The van der Waals surface area contributed by atoms with Gasteiger partial charge in [-0.1, -0.05) is 29.4 Å². The molecular formula is C22H20ClN5O3S. The number of nitrogens with zero attached hydrogens (tertiary/aromatic N) is 4. The summed E-state index contributed by atoms with van der Waals surface area (Å²) < 4.78 is 12.3. The van der Waals surface area contributed by atoms with E-state index in [1.165, 1.54) is 11.8 Å². The van der Waals surface area contributed by atoms with Gasteiger partial charge in [0.15, 0.2) is 17.1 Å². The topological polar surface area (TPSA) is 90.6 Å². The number of aromatic nitrogens is 4. The zero-order valence-corrected chi connectivity index (χ0v) is 19.2. The number of nitrogens with one attached hydrogen (secondary N) is 1. The van der Waals surface area contributed by atoms with Crippen molar-refractivity contribution >= 4 is 40.6 Å². The first-order chi connectivity index (χ1) is 15.5. The Kier molecular flexibility index (Phi) is 6.48. The number of halogens is 1. The summed E-state index contributed by atoms with van der Waals surface area (Å²) in [6, 6.07) is 14.6. The van der Waals surface area contributed by atoms with Gasteiger partial charge in [-0.3, -0.25) is 4.79 Å². The van der Waals surface area contributed by atoms with Crippen molar-refractivity contribution in [2.45, 2.75) is 12.1 Å². The molecule has 8 nitrogen and oxygen atoms in total.